The number of hydrogen-bond donors (Lipinski definition) is 2. The lowest BCUT2D eigenvalue weighted by Crippen LogP contribution is -2.07. The Balaban J connectivity index is 2.02. The quantitative estimate of drug-likeness (QED) is 0.631. The molecule has 2 rings (SSSR count). The number of carbonyl (C=O) groups is 1. The summed E-state index contributed by atoms with van der Waals surface area (Å²) in [5, 5.41) is 3.30. The molecular formula is C16H20N2O2S. The predicted molar refractivity (Wildman–Crippen MR) is 87.8 cm³/mol. The van der Waals surface area contributed by atoms with Gasteiger partial charge in [0.05, 0.1) is 23.5 Å². The predicted octanol–water partition coefficient (Wildman–Crippen LogP) is 3.68. The van der Waals surface area contributed by atoms with Crippen molar-refractivity contribution in [1.29, 1.82) is 0 Å². The highest BCUT2D eigenvalue weighted by atomic mass is 32.1. The van der Waals surface area contributed by atoms with Crippen LogP contribution in [0.1, 0.15) is 34.0 Å². The summed E-state index contributed by atoms with van der Waals surface area (Å²) in [5.74, 6) is -0.346. The van der Waals surface area contributed by atoms with Gasteiger partial charge in [0, 0.05) is 16.3 Å². The molecule has 1 heterocycles. The Hall–Kier alpha value is -2.01. The molecule has 112 valence electrons. The Morgan fingerprint density at radius 1 is 1.24 bits per heavy atom. The van der Waals surface area contributed by atoms with Crippen LogP contribution in [0.5, 0.6) is 0 Å². The fourth-order valence-electron chi connectivity index (χ4n) is 1.95. The van der Waals surface area contributed by atoms with E-state index < -0.39 is 0 Å². The van der Waals surface area contributed by atoms with E-state index in [4.69, 9.17) is 10.5 Å². The minimum Gasteiger partial charge on any atom is -0.462 e. The Labute approximate surface area is 128 Å². The number of aryl methyl sites for hydroxylation is 1. The molecule has 3 N–H and O–H groups in total. The van der Waals surface area contributed by atoms with E-state index in [1.54, 1.807) is 30.4 Å². The molecule has 0 bridgehead atoms. The van der Waals surface area contributed by atoms with Gasteiger partial charge in [-0.2, -0.15) is 0 Å². The van der Waals surface area contributed by atoms with E-state index in [-0.39, 0.29) is 5.97 Å². The van der Waals surface area contributed by atoms with Gasteiger partial charge in [-0.05, 0) is 43.7 Å². The molecule has 1 aromatic carbocycles. The fraction of sp³-hybridized carbons (Fsp3) is 0.312. The van der Waals surface area contributed by atoms with E-state index in [9.17, 15) is 4.79 Å². The zero-order valence-electron chi connectivity index (χ0n) is 12.3. The van der Waals surface area contributed by atoms with Crippen LogP contribution in [0.25, 0.3) is 0 Å². The normalized spacial score (nSPS) is 10.4. The van der Waals surface area contributed by atoms with Gasteiger partial charge in [0.2, 0.25) is 0 Å². The molecule has 0 aliphatic rings. The molecule has 0 unspecified atom stereocenters. The summed E-state index contributed by atoms with van der Waals surface area (Å²) in [6.45, 7) is 5.02. The van der Waals surface area contributed by atoms with Gasteiger partial charge >= 0.3 is 5.97 Å². The van der Waals surface area contributed by atoms with Crippen LogP contribution in [0.3, 0.4) is 0 Å². The summed E-state index contributed by atoms with van der Waals surface area (Å²) in [7, 11) is 0. The number of benzene rings is 1. The number of nitrogens with one attached hydrogen (secondary N) is 1. The zero-order chi connectivity index (χ0) is 15.2. The molecule has 0 radical (unpaired) electrons. The Morgan fingerprint density at radius 3 is 2.62 bits per heavy atom. The standard InChI is InChI=1S/C16H20N2O2S/c1-3-12-6-7-13(21-12)10-18-15-8-5-11(9-14(15)17)16(19)20-4-2/h5-9,18H,3-4,10,17H2,1-2H3. The molecule has 4 nitrogen and oxygen atoms in total. The third-order valence-electron chi connectivity index (χ3n) is 3.08. The maximum Gasteiger partial charge on any atom is 0.338 e. The molecule has 0 spiro atoms. The minimum absolute atomic E-state index is 0.346. The molecule has 21 heavy (non-hydrogen) atoms. The molecule has 0 amide bonds. The second-order valence-electron chi connectivity index (χ2n) is 4.60. The van der Waals surface area contributed by atoms with Gasteiger partial charge in [-0.15, -0.1) is 11.3 Å². The number of rotatable bonds is 6. The fourth-order valence-corrected chi connectivity index (χ4v) is 2.85. The lowest BCUT2D eigenvalue weighted by Gasteiger charge is -2.10. The van der Waals surface area contributed by atoms with Crippen molar-refractivity contribution in [2.75, 3.05) is 17.7 Å². The van der Waals surface area contributed by atoms with E-state index in [2.05, 4.69) is 24.4 Å². The maximum atomic E-state index is 11.6. The summed E-state index contributed by atoms with van der Waals surface area (Å²) < 4.78 is 4.95. The van der Waals surface area contributed by atoms with Crippen LogP contribution in [0, 0.1) is 0 Å². The van der Waals surface area contributed by atoms with Crippen LogP contribution in [0.15, 0.2) is 30.3 Å². The lowest BCUT2D eigenvalue weighted by molar-refractivity contribution is 0.0526. The van der Waals surface area contributed by atoms with Crippen molar-refractivity contribution < 1.29 is 9.53 Å². The Kier molecular flexibility index (Phi) is 5.22. The minimum atomic E-state index is -0.346. The van der Waals surface area contributed by atoms with Crippen molar-refractivity contribution in [3.8, 4) is 0 Å². The largest absolute Gasteiger partial charge is 0.462 e. The SMILES string of the molecule is CCOC(=O)c1ccc(NCc2ccc(CC)s2)c(N)c1. The summed E-state index contributed by atoms with van der Waals surface area (Å²) >= 11 is 1.80. The van der Waals surface area contributed by atoms with Crippen molar-refractivity contribution in [3.63, 3.8) is 0 Å². The van der Waals surface area contributed by atoms with Crippen molar-refractivity contribution in [1.82, 2.24) is 0 Å². The van der Waals surface area contributed by atoms with Gasteiger partial charge < -0.3 is 15.8 Å². The molecule has 0 saturated carbocycles. The molecule has 5 heteroatoms. The summed E-state index contributed by atoms with van der Waals surface area (Å²) in [5.41, 5.74) is 7.84. The van der Waals surface area contributed by atoms with Crippen LogP contribution in [0.4, 0.5) is 11.4 Å². The number of thiophene rings is 1. The van der Waals surface area contributed by atoms with Gasteiger partial charge in [-0.3, -0.25) is 0 Å². The van der Waals surface area contributed by atoms with E-state index in [0.29, 0.717) is 17.9 Å². The highest BCUT2D eigenvalue weighted by Gasteiger charge is 2.09. The molecule has 1 aromatic heterocycles. The van der Waals surface area contributed by atoms with Crippen LogP contribution in [0.2, 0.25) is 0 Å². The lowest BCUT2D eigenvalue weighted by atomic mass is 10.1. The second kappa shape index (κ2) is 7.13. The number of nitrogen functional groups attached to an aromatic ring is 1. The first-order valence-corrected chi connectivity index (χ1v) is 7.83. The summed E-state index contributed by atoms with van der Waals surface area (Å²) in [4.78, 5) is 14.3. The highest BCUT2D eigenvalue weighted by Crippen LogP contribution is 2.23. The molecular weight excluding hydrogens is 284 g/mol. The summed E-state index contributed by atoms with van der Waals surface area (Å²) in [6, 6.07) is 9.46. The molecule has 0 aliphatic heterocycles. The number of nitrogens with two attached hydrogens (primary N) is 1. The van der Waals surface area contributed by atoms with Crippen molar-refractivity contribution in [3.05, 3.63) is 45.6 Å². The number of anilines is 2. The molecule has 2 aromatic rings. The van der Waals surface area contributed by atoms with Gasteiger partial charge in [0.25, 0.3) is 0 Å². The van der Waals surface area contributed by atoms with Gasteiger partial charge in [-0.25, -0.2) is 4.79 Å². The average Bonchev–Trinajstić information content (AvgIpc) is 2.94. The zero-order valence-corrected chi connectivity index (χ0v) is 13.1. The number of hydrogen-bond acceptors (Lipinski definition) is 5. The average molecular weight is 304 g/mol. The van der Waals surface area contributed by atoms with Crippen LogP contribution >= 0.6 is 11.3 Å². The van der Waals surface area contributed by atoms with Gasteiger partial charge in [0.1, 0.15) is 0 Å². The number of carbonyl (C=O) groups excluding carboxylic acids is 1. The Bertz CT molecular complexity index is 622. The van der Waals surface area contributed by atoms with Crippen molar-refractivity contribution in [2.24, 2.45) is 0 Å². The second-order valence-corrected chi connectivity index (χ2v) is 5.85. The smallest absolute Gasteiger partial charge is 0.338 e. The topological polar surface area (TPSA) is 64.3 Å². The van der Waals surface area contributed by atoms with Gasteiger partial charge in [0.15, 0.2) is 0 Å². The van der Waals surface area contributed by atoms with E-state index in [0.717, 1.165) is 18.7 Å². The first-order valence-electron chi connectivity index (χ1n) is 7.02. The highest BCUT2D eigenvalue weighted by molar-refractivity contribution is 7.12. The third-order valence-corrected chi connectivity index (χ3v) is 4.31. The first-order chi connectivity index (χ1) is 10.1. The van der Waals surface area contributed by atoms with Crippen LogP contribution in [-0.2, 0) is 17.7 Å². The van der Waals surface area contributed by atoms with E-state index in [1.807, 2.05) is 6.07 Å². The first kappa shape index (κ1) is 15.4. The number of esters is 1. The maximum absolute atomic E-state index is 11.6. The molecule has 0 fully saturated rings. The van der Waals surface area contributed by atoms with E-state index in [1.165, 1.54) is 9.75 Å². The molecule has 0 atom stereocenters. The monoisotopic (exact) mass is 304 g/mol. The Morgan fingerprint density at radius 2 is 2.00 bits per heavy atom. The van der Waals surface area contributed by atoms with Crippen LogP contribution < -0.4 is 11.1 Å². The molecule has 0 saturated heterocycles. The number of ether oxygens (including phenoxy) is 1. The van der Waals surface area contributed by atoms with Gasteiger partial charge in [-0.1, -0.05) is 6.92 Å². The van der Waals surface area contributed by atoms with Crippen LogP contribution in [-0.4, -0.2) is 12.6 Å². The molecule has 0 aliphatic carbocycles. The van der Waals surface area contributed by atoms with Crippen molar-refractivity contribution in [2.45, 2.75) is 26.8 Å². The van der Waals surface area contributed by atoms with Crippen molar-refractivity contribution >= 4 is 28.7 Å². The summed E-state index contributed by atoms with van der Waals surface area (Å²) in [6.07, 6.45) is 1.06. The van der Waals surface area contributed by atoms with E-state index >= 15 is 0 Å². The third kappa shape index (κ3) is 3.98.